The van der Waals surface area contributed by atoms with Crippen LogP contribution >= 0.6 is 0 Å². The summed E-state index contributed by atoms with van der Waals surface area (Å²) >= 11 is 0. The van der Waals surface area contributed by atoms with Crippen molar-refractivity contribution < 1.29 is 23.8 Å². The maximum absolute atomic E-state index is 12.8. The van der Waals surface area contributed by atoms with Crippen LogP contribution in [0.5, 0.6) is 5.75 Å². The molecule has 1 aliphatic carbocycles. The van der Waals surface area contributed by atoms with Crippen LogP contribution in [0.4, 0.5) is 0 Å². The number of aliphatic hydroxyl groups excluding tert-OH is 1. The van der Waals surface area contributed by atoms with Gasteiger partial charge in [-0.2, -0.15) is 0 Å². The van der Waals surface area contributed by atoms with Gasteiger partial charge < -0.3 is 19.0 Å². The lowest BCUT2D eigenvalue weighted by Gasteiger charge is -2.53. The first-order valence-corrected chi connectivity index (χ1v) is 10.3. The summed E-state index contributed by atoms with van der Waals surface area (Å²) in [7, 11) is 0. The number of ether oxygens (including phenoxy) is 2. The lowest BCUT2D eigenvalue weighted by Crippen LogP contribution is -2.61. The molecule has 2 aliphatic rings. The fraction of sp³-hybridized carbons (Fsp3) is 0.522. The van der Waals surface area contributed by atoms with Gasteiger partial charge in [0.25, 0.3) is 0 Å². The molecule has 0 spiro atoms. The Labute approximate surface area is 175 Å². The molecule has 0 saturated heterocycles. The highest BCUT2D eigenvalue weighted by molar-refractivity contribution is 5.66. The topological polar surface area (TPSA) is 98.9 Å². The van der Waals surface area contributed by atoms with E-state index in [-0.39, 0.29) is 17.2 Å². The fourth-order valence-corrected chi connectivity index (χ4v) is 4.82. The van der Waals surface area contributed by atoms with E-state index >= 15 is 0 Å². The molecule has 0 aromatic carbocycles. The van der Waals surface area contributed by atoms with Crippen LogP contribution in [0.3, 0.4) is 0 Å². The predicted molar refractivity (Wildman–Crippen MR) is 109 cm³/mol. The largest absolute Gasteiger partial charge is 0.482 e. The minimum Gasteiger partial charge on any atom is -0.482 e. The normalized spacial score (nSPS) is 30.2. The zero-order chi connectivity index (χ0) is 21.6. The van der Waals surface area contributed by atoms with Gasteiger partial charge in [-0.05, 0) is 43.7 Å². The lowest BCUT2D eigenvalue weighted by molar-refractivity contribution is -0.194. The van der Waals surface area contributed by atoms with E-state index in [2.05, 4.69) is 18.8 Å². The number of pyridine rings is 1. The first kappa shape index (κ1) is 20.6. The van der Waals surface area contributed by atoms with Gasteiger partial charge in [0.1, 0.15) is 28.8 Å². The van der Waals surface area contributed by atoms with Gasteiger partial charge in [0.15, 0.2) is 0 Å². The minimum atomic E-state index is -1.07. The summed E-state index contributed by atoms with van der Waals surface area (Å²) in [5.74, 6) is 0.344. The first-order valence-electron chi connectivity index (χ1n) is 10.3. The van der Waals surface area contributed by atoms with Crippen molar-refractivity contribution in [2.24, 2.45) is 17.8 Å². The van der Waals surface area contributed by atoms with Crippen LogP contribution in [0.2, 0.25) is 0 Å². The molecule has 7 nitrogen and oxygen atoms in total. The average molecular weight is 413 g/mol. The van der Waals surface area contributed by atoms with E-state index in [9.17, 15) is 14.7 Å². The van der Waals surface area contributed by atoms with Gasteiger partial charge in [0, 0.05) is 36.9 Å². The molecule has 1 unspecified atom stereocenters. The van der Waals surface area contributed by atoms with E-state index in [1.807, 2.05) is 6.92 Å². The third-order valence-electron chi connectivity index (χ3n) is 6.60. The van der Waals surface area contributed by atoms with Crippen molar-refractivity contribution in [3.8, 4) is 17.1 Å². The lowest BCUT2D eigenvalue weighted by atomic mass is 9.63. The molecule has 1 fully saturated rings. The Morgan fingerprint density at radius 2 is 2.13 bits per heavy atom. The molecule has 1 aliphatic heterocycles. The van der Waals surface area contributed by atoms with Crippen molar-refractivity contribution in [2.75, 3.05) is 0 Å². The Hall–Kier alpha value is -2.67. The Morgan fingerprint density at radius 3 is 2.77 bits per heavy atom. The highest BCUT2D eigenvalue weighted by atomic mass is 16.6. The number of hydrogen-bond acceptors (Lipinski definition) is 7. The molecule has 0 radical (unpaired) electrons. The van der Waals surface area contributed by atoms with Crippen molar-refractivity contribution in [3.05, 3.63) is 46.6 Å². The molecule has 0 amide bonds. The molecule has 1 N–H and O–H groups in total. The summed E-state index contributed by atoms with van der Waals surface area (Å²) in [5.41, 5.74) is -0.834. The van der Waals surface area contributed by atoms with Crippen molar-refractivity contribution >= 4 is 5.97 Å². The van der Waals surface area contributed by atoms with Gasteiger partial charge >= 0.3 is 11.6 Å². The molecule has 3 heterocycles. The van der Waals surface area contributed by atoms with Gasteiger partial charge in [-0.15, -0.1) is 0 Å². The van der Waals surface area contributed by atoms with E-state index in [0.29, 0.717) is 30.1 Å². The second-order valence-corrected chi connectivity index (χ2v) is 8.83. The summed E-state index contributed by atoms with van der Waals surface area (Å²) in [6, 6.07) is 5.13. The quantitative estimate of drug-likeness (QED) is 0.769. The van der Waals surface area contributed by atoms with Crippen LogP contribution in [-0.2, 0) is 9.53 Å². The summed E-state index contributed by atoms with van der Waals surface area (Å²) in [6.07, 6.45) is 2.92. The van der Waals surface area contributed by atoms with Crippen molar-refractivity contribution in [2.45, 2.75) is 58.3 Å². The number of hydrogen-bond donors (Lipinski definition) is 1. The Balaban J connectivity index is 1.81. The zero-order valence-electron chi connectivity index (χ0n) is 17.6. The number of aromatic nitrogens is 1. The van der Waals surface area contributed by atoms with Crippen LogP contribution < -0.4 is 10.4 Å². The summed E-state index contributed by atoms with van der Waals surface area (Å²) < 4.78 is 17.5. The number of esters is 1. The predicted octanol–water partition coefficient (Wildman–Crippen LogP) is 3.50. The monoisotopic (exact) mass is 413 g/mol. The Kier molecular flexibility index (Phi) is 5.18. The summed E-state index contributed by atoms with van der Waals surface area (Å²) in [4.78, 5) is 28.7. The van der Waals surface area contributed by atoms with Gasteiger partial charge in [0.2, 0.25) is 0 Å². The van der Waals surface area contributed by atoms with Gasteiger partial charge in [-0.3, -0.25) is 9.78 Å². The summed E-state index contributed by atoms with van der Waals surface area (Å²) in [5, 5.41) is 11.2. The van der Waals surface area contributed by atoms with Crippen LogP contribution in [0.15, 0.2) is 39.8 Å². The first-order chi connectivity index (χ1) is 14.2. The number of nitrogens with zero attached hydrogens (tertiary/aromatic N) is 1. The maximum Gasteiger partial charge on any atom is 0.345 e. The molecule has 4 rings (SSSR count). The third-order valence-corrected chi connectivity index (χ3v) is 6.60. The van der Waals surface area contributed by atoms with Crippen LogP contribution in [0, 0.1) is 17.8 Å². The number of carbonyl (C=O) groups excluding carboxylic acids is 1. The number of carbonyl (C=O) groups is 1. The van der Waals surface area contributed by atoms with E-state index in [0.717, 1.165) is 0 Å². The molecule has 2 aromatic heterocycles. The van der Waals surface area contributed by atoms with Gasteiger partial charge in [0.05, 0.1) is 6.10 Å². The number of aliphatic hydroxyl groups is 1. The van der Waals surface area contributed by atoms with Crippen LogP contribution in [-0.4, -0.2) is 27.8 Å². The number of rotatable bonds is 3. The van der Waals surface area contributed by atoms with Crippen molar-refractivity contribution in [1.82, 2.24) is 4.98 Å². The average Bonchev–Trinajstić information content (AvgIpc) is 2.68. The molecular formula is C23H27NO6. The smallest absolute Gasteiger partial charge is 0.345 e. The highest BCUT2D eigenvalue weighted by Gasteiger charge is 2.57. The molecule has 1 saturated carbocycles. The second kappa shape index (κ2) is 7.54. The fourth-order valence-electron chi connectivity index (χ4n) is 4.82. The number of fused-ring (bicyclic) bond motifs is 2. The molecule has 7 heteroatoms. The Morgan fingerprint density at radius 1 is 1.37 bits per heavy atom. The van der Waals surface area contributed by atoms with E-state index in [1.165, 1.54) is 6.92 Å². The van der Waals surface area contributed by atoms with Gasteiger partial charge in [-0.25, -0.2) is 4.79 Å². The van der Waals surface area contributed by atoms with Crippen LogP contribution in [0.1, 0.15) is 52.2 Å². The molecule has 5 atom stereocenters. The van der Waals surface area contributed by atoms with Crippen LogP contribution in [0.25, 0.3) is 11.3 Å². The minimum absolute atomic E-state index is 0.121. The van der Waals surface area contributed by atoms with Gasteiger partial charge in [-0.1, -0.05) is 13.8 Å². The standard InChI is InChI=1S/C23H27NO6/c1-12(2)15-8-16-21(26)20-18(30-23(16,4)19(9-15)28-13(3)25)10-17(29-22(20)27)14-6-5-7-24-11-14/h5-7,10-12,15-16,19,21,26H,8-9H2,1-4H3/t15-,16-,19-,21?,23-/m0/s1. The zero-order valence-corrected chi connectivity index (χ0v) is 17.6. The molecule has 0 bridgehead atoms. The third kappa shape index (κ3) is 3.41. The molecule has 30 heavy (non-hydrogen) atoms. The summed E-state index contributed by atoms with van der Waals surface area (Å²) in [6.45, 7) is 7.44. The van der Waals surface area contributed by atoms with E-state index < -0.39 is 35.3 Å². The molecule has 2 aromatic rings. The van der Waals surface area contributed by atoms with Crippen molar-refractivity contribution in [3.63, 3.8) is 0 Å². The van der Waals surface area contributed by atoms with Crippen molar-refractivity contribution in [1.29, 1.82) is 0 Å². The Bertz CT molecular complexity index is 1000. The van der Waals surface area contributed by atoms with E-state index in [4.69, 9.17) is 13.9 Å². The van der Waals surface area contributed by atoms with E-state index in [1.54, 1.807) is 30.6 Å². The molecular weight excluding hydrogens is 386 g/mol. The highest BCUT2D eigenvalue weighted by Crippen LogP contribution is 2.53. The second-order valence-electron chi connectivity index (χ2n) is 8.83. The maximum atomic E-state index is 12.8. The SMILES string of the molecule is CC(=O)O[C@H]1C[C@@H](C(C)C)C[C@H]2C(O)c3c(cc(-c4cccnc4)oc3=O)O[C@]12C. The molecule has 160 valence electrons.